The molecule has 0 saturated carbocycles. The molecular formula is C6H6N2OS. The van der Waals surface area contributed by atoms with Gasteiger partial charge in [-0.2, -0.15) is 10.5 Å². The summed E-state index contributed by atoms with van der Waals surface area (Å²) in [5, 5.41) is 24.8. The molecule has 52 valence electrons. The maximum Gasteiger partial charge on any atom is 0.107 e. The highest BCUT2D eigenvalue weighted by atomic mass is 32.2. The Morgan fingerprint density at radius 1 is 1.60 bits per heavy atom. The Hall–Kier alpha value is -0.970. The monoisotopic (exact) mass is 154 g/mol. The summed E-state index contributed by atoms with van der Waals surface area (Å²) in [5.41, 5.74) is 0. The van der Waals surface area contributed by atoms with E-state index in [1.165, 1.54) is 17.8 Å². The Morgan fingerprint density at radius 3 is 2.70 bits per heavy atom. The van der Waals surface area contributed by atoms with Crippen LogP contribution in [-0.2, 0) is 0 Å². The first kappa shape index (κ1) is 9.03. The largest absolute Gasteiger partial charge is 0.396 e. The van der Waals surface area contributed by atoms with Gasteiger partial charge in [-0.1, -0.05) is 0 Å². The first-order chi connectivity index (χ1) is 4.85. The third kappa shape index (κ3) is 3.96. The zero-order valence-electron chi connectivity index (χ0n) is 5.24. The molecule has 0 heterocycles. The lowest BCUT2D eigenvalue weighted by molar-refractivity contribution is 0.322. The van der Waals surface area contributed by atoms with E-state index in [4.69, 9.17) is 15.6 Å². The molecule has 0 unspecified atom stereocenters. The first-order valence-electron chi connectivity index (χ1n) is 2.58. The lowest BCUT2D eigenvalue weighted by Gasteiger charge is -1.90. The van der Waals surface area contributed by atoms with Crippen LogP contribution in [0.15, 0.2) is 11.0 Å². The number of nitriles is 2. The minimum atomic E-state index is 0.0229. The lowest BCUT2D eigenvalue weighted by Crippen LogP contribution is -1.85. The minimum Gasteiger partial charge on any atom is -0.396 e. The Bertz CT molecular complexity index is 199. The minimum absolute atomic E-state index is 0.0229. The quantitative estimate of drug-likeness (QED) is 0.606. The molecule has 10 heavy (non-hydrogen) atoms. The fraction of sp³-hybridized carbons (Fsp3) is 0.333. The number of thioether (sulfide) groups is 1. The zero-order valence-corrected chi connectivity index (χ0v) is 6.06. The van der Waals surface area contributed by atoms with Gasteiger partial charge in [0.1, 0.15) is 6.07 Å². The number of hydrogen-bond donors (Lipinski definition) is 1. The van der Waals surface area contributed by atoms with Gasteiger partial charge in [-0.05, 0) is 0 Å². The predicted molar refractivity (Wildman–Crippen MR) is 38.9 cm³/mol. The van der Waals surface area contributed by atoms with E-state index in [0.717, 1.165) is 0 Å². The molecule has 0 spiro atoms. The van der Waals surface area contributed by atoms with E-state index in [1.807, 2.05) is 6.07 Å². The van der Waals surface area contributed by atoms with Crippen LogP contribution in [0.3, 0.4) is 0 Å². The van der Waals surface area contributed by atoms with Crippen LogP contribution in [-0.4, -0.2) is 17.5 Å². The van der Waals surface area contributed by atoms with Gasteiger partial charge in [0.2, 0.25) is 0 Å². The zero-order chi connectivity index (χ0) is 7.82. The molecule has 3 nitrogen and oxygen atoms in total. The van der Waals surface area contributed by atoms with Crippen molar-refractivity contribution in [3.8, 4) is 12.1 Å². The van der Waals surface area contributed by atoms with Crippen LogP contribution >= 0.6 is 11.8 Å². The molecule has 0 rings (SSSR count). The van der Waals surface area contributed by atoms with Crippen LogP contribution in [0.5, 0.6) is 0 Å². The maximum absolute atomic E-state index is 8.34. The molecule has 0 amide bonds. The van der Waals surface area contributed by atoms with E-state index in [1.54, 1.807) is 6.07 Å². The first-order valence-corrected chi connectivity index (χ1v) is 3.57. The summed E-state index contributed by atoms with van der Waals surface area (Å²) in [7, 11) is 0. The number of aliphatic hydroxyl groups is 1. The topological polar surface area (TPSA) is 67.8 Å². The van der Waals surface area contributed by atoms with Gasteiger partial charge >= 0.3 is 0 Å². The molecule has 0 aromatic rings. The van der Waals surface area contributed by atoms with Crippen LogP contribution in [0.4, 0.5) is 0 Å². The van der Waals surface area contributed by atoms with Crippen molar-refractivity contribution in [2.24, 2.45) is 0 Å². The fourth-order valence-electron chi connectivity index (χ4n) is 0.320. The summed E-state index contributed by atoms with van der Waals surface area (Å²) in [5.74, 6) is 0.459. The van der Waals surface area contributed by atoms with Gasteiger partial charge in [0, 0.05) is 11.8 Å². The average molecular weight is 154 g/mol. The van der Waals surface area contributed by atoms with Gasteiger partial charge in [0.15, 0.2) is 0 Å². The van der Waals surface area contributed by atoms with Gasteiger partial charge in [-0.25, -0.2) is 0 Å². The van der Waals surface area contributed by atoms with E-state index in [2.05, 4.69) is 0 Å². The van der Waals surface area contributed by atoms with Crippen molar-refractivity contribution < 1.29 is 5.11 Å². The molecule has 0 aliphatic rings. The van der Waals surface area contributed by atoms with E-state index >= 15 is 0 Å². The highest BCUT2D eigenvalue weighted by Gasteiger charge is 1.93. The van der Waals surface area contributed by atoms with Crippen LogP contribution in [0, 0.1) is 22.7 Å². The van der Waals surface area contributed by atoms with E-state index in [0.29, 0.717) is 10.7 Å². The molecule has 0 radical (unpaired) electrons. The van der Waals surface area contributed by atoms with Crippen molar-refractivity contribution in [1.29, 1.82) is 10.5 Å². The number of aliphatic hydroxyl groups excluding tert-OH is 1. The third-order valence-electron chi connectivity index (χ3n) is 0.655. The van der Waals surface area contributed by atoms with E-state index in [9.17, 15) is 0 Å². The summed E-state index contributed by atoms with van der Waals surface area (Å²) < 4.78 is 0. The average Bonchev–Trinajstić information content (AvgIpc) is 1.98. The predicted octanol–water partition coefficient (Wildman–Crippen LogP) is 0.643. The van der Waals surface area contributed by atoms with Crippen molar-refractivity contribution in [3.05, 3.63) is 11.0 Å². The molecule has 0 saturated heterocycles. The molecule has 4 heteroatoms. The molecular weight excluding hydrogens is 148 g/mol. The molecule has 0 fully saturated rings. The van der Waals surface area contributed by atoms with Crippen LogP contribution in [0.1, 0.15) is 0 Å². The van der Waals surface area contributed by atoms with Crippen LogP contribution in [0.2, 0.25) is 0 Å². The highest BCUT2D eigenvalue weighted by molar-refractivity contribution is 8.03. The number of hydrogen-bond acceptors (Lipinski definition) is 4. The lowest BCUT2D eigenvalue weighted by atomic mass is 10.5. The normalized spacial score (nSPS) is 10.1. The Kier molecular flexibility index (Phi) is 5.56. The van der Waals surface area contributed by atoms with Crippen molar-refractivity contribution in [1.82, 2.24) is 0 Å². The van der Waals surface area contributed by atoms with Crippen molar-refractivity contribution in [2.75, 3.05) is 12.4 Å². The smallest absolute Gasteiger partial charge is 0.107 e. The highest BCUT2D eigenvalue weighted by Crippen LogP contribution is 2.12. The Morgan fingerprint density at radius 2 is 2.30 bits per heavy atom. The van der Waals surface area contributed by atoms with E-state index < -0.39 is 0 Å². The molecule has 0 aromatic carbocycles. The second-order valence-electron chi connectivity index (χ2n) is 1.32. The molecule has 0 aliphatic heterocycles. The standard InChI is InChI=1S/C6H6N2OS/c7-2-1-6(5-8)10-4-3-9/h1,9H,3-4H2/b6-1+. The summed E-state index contributed by atoms with van der Waals surface area (Å²) >= 11 is 1.17. The number of allylic oxidation sites excluding steroid dienone is 2. The molecule has 0 aliphatic carbocycles. The van der Waals surface area contributed by atoms with Gasteiger partial charge in [0.05, 0.1) is 17.6 Å². The summed E-state index contributed by atoms with van der Waals surface area (Å²) in [6.45, 7) is 0.0229. The number of rotatable bonds is 3. The molecule has 1 N–H and O–H groups in total. The van der Waals surface area contributed by atoms with Gasteiger partial charge < -0.3 is 5.11 Å². The second-order valence-corrected chi connectivity index (χ2v) is 2.46. The van der Waals surface area contributed by atoms with Gasteiger partial charge in [0.25, 0.3) is 0 Å². The molecule has 0 aromatic heterocycles. The summed E-state index contributed by atoms with van der Waals surface area (Å²) in [6.07, 6.45) is 1.17. The SMILES string of the molecule is N#C/C=C(\C#N)SCCO. The summed E-state index contributed by atoms with van der Waals surface area (Å²) in [4.78, 5) is 0.344. The Balaban J connectivity index is 3.78. The van der Waals surface area contributed by atoms with E-state index in [-0.39, 0.29) is 6.61 Å². The molecule has 0 bridgehead atoms. The van der Waals surface area contributed by atoms with Crippen molar-refractivity contribution in [2.45, 2.75) is 0 Å². The van der Waals surface area contributed by atoms with Crippen molar-refractivity contribution >= 4 is 11.8 Å². The van der Waals surface area contributed by atoms with Crippen LogP contribution < -0.4 is 0 Å². The van der Waals surface area contributed by atoms with Crippen molar-refractivity contribution in [3.63, 3.8) is 0 Å². The molecule has 0 atom stereocenters. The Labute approximate surface area is 63.6 Å². The van der Waals surface area contributed by atoms with Gasteiger partial charge in [-0.3, -0.25) is 0 Å². The fourth-order valence-corrected chi connectivity index (χ4v) is 0.832. The maximum atomic E-state index is 8.34. The van der Waals surface area contributed by atoms with Crippen LogP contribution in [0.25, 0.3) is 0 Å². The third-order valence-corrected chi connectivity index (χ3v) is 1.56. The summed E-state index contributed by atoms with van der Waals surface area (Å²) in [6, 6.07) is 3.57. The second kappa shape index (κ2) is 6.15. The number of nitrogens with zero attached hydrogens (tertiary/aromatic N) is 2. The van der Waals surface area contributed by atoms with Gasteiger partial charge in [-0.15, -0.1) is 11.8 Å².